The third-order valence-corrected chi connectivity index (χ3v) is 3.93. The van der Waals surface area contributed by atoms with Crippen molar-refractivity contribution in [1.82, 2.24) is 5.43 Å². The maximum Gasteiger partial charge on any atom is 0.329 e. The van der Waals surface area contributed by atoms with E-state index in [1.54, 1.807) is 12.1 Å². The molecule has 0 unspecified atom stereocenters. The van der Waals surface area contributed by atoms with Gasteiger partial charge in [-0.05, 0) is 37.1 Å². The first-order valence-corrected chi connectivity index (χ1v) is 8.00. The minimum Gasteiger partial charge on any atom is -0.500 e. The molecule has 28 heavy (non-hydrogen) atoms. The summed E-state index contributed by atoms with van der Waals surface area (Å²) >= 11 is 0. The predicted octanol–water partition coefficient (Wildman–Crippen LogP) is 2.01. The Morgan fingerprint density at radius 3 is 2.61 bits per heavy atom. The van der Waals surface area contributed by atoms with Crippen LogP contribution in [0, 0.1) is 24.0 Å². The number of nitro groups is 1. The van der Waals surface area contributed by atoms with Crippen LogP contribution in [0.2, 0.25) is 0 Å². The van der Waals surface area contributed by atoms with Crippen molar-refractivity contribution in [3.63, 3.8) is 0 Å². The first-order valence-electron chi connectivity index (χ1n) is 8.00. The fourth-order valence-corrected chi connectivity index (χ4v) is 2.26. The molecule has 0 fully saturated rings. The lowest BCUT2D eigenvalue weighted by atomic mass is 10.1. The molecule has 0 saturated heterocycles. The highest BCUT2D eigenvalue weighted by Gasteiger charge is 2.19. The maximum absolute atomic E-state index is 12.0. The summed E-state index contributed by atoms with van der Waals surface area (Å²) < 4.78 is 4.86. The van der Waals surface area contributed by atoms with Gasteiger partial charge < -0.3 is 15.2 Å². The van der Waals surface area contributed by atoms with Gasteiger partial charge in [0, 0.05) is 17.3 Å². The largest absolute Gasteiger partial charge is 0.500 e. The van der Waals surface area contributed by atoms with Crippen LogP contribution in [0.25, 0.3) is 0 Å². The van der Waals surface area contributed by atoms with Crippen LogP contribution in [0.5, 0.6) is 11.5 Å². The van der Waals surface area contributed by atoms with Gasteiger partial charge in [-0.15, -0.1) is 0 Å². The van der Waals surface area contributed by atoms with Crippen LogP contribution in [0.4, 0.5) is 11.4 Å². The second-order valence-electron chi connectivity index (χ2n) is 5.75. The molecule has 0 radical (unpaired) electrons. The van der Waals surface area contributed by atoms with Gasteiger partial charge in [0.05, 0.1) is 18.2 Å². The average molecular weight is 386 g/mol. The third kappa shape index (κ3) is 4.61. The zero-order valence-corrected chi connectivity index (χ0v) is 15.3. The molecule has 10 heteroatoms. The maximum atomic E-state index is 12.0. The highest BCUT2D eigenvalue weighted by molar-refractivity contribution is 6.39. The topological polar surface area (TPSA) is 143 Å². The summed E-state index contributed by atoms with van der Waals surface area (Å²) in [6.45, 7) is 3.69. The third-order valence-electron chi connectivity index (χ3n) is 3.93. The number of phenolic OH excluding ortho intramolecular Hbond substituents is 1. The van der Waals surface area contributed by atoms with E-state index in [4.69, 9.17) is 4.74 Å². The van der Waals surface area contributed by atoms with E-state index >= 15 is 0 Å². The van der Waals surface area contributed by atoms with Crippen LogP contribution in [-0.4, -0.2) is 35.2 Å². The van der Waals surface area contributed by atoms with E-state index in [1.165, 1.54) is 13.2 Å². The minimum atomic E-state index is -1.02. The van der Waals surface area contributed by atoms with Gasteiger partial charge in [-0.1, -0.05) is 12.1 Å². The number of carbonyl (C=O) groups is 2. The molecular formula is C18H18N4O6. The van der Waals surface area contributed by atoms with Gasteiger partial charge in [0.2, 0.25) is 5.75 Å². The molecule has 0 atom stereocenters. The van der Waals surface area contributed by atoms with E-state index in [0.717, 1.165) is 23.4 Å². The van der Waals surface area contributed by atoms with E-state index < -0.39 is 28.2 Å². The van der Waals surface area contributed by atoms with Gasteiger partial charge >= 0.3 is 17.5 Å². The number of amides is 2. The van der Waals surface area contributed by atoms with Crippen molar-refractivity contribution in [2.24, 2.45) is 5.10 Å². The number of hydrogen-bond donors (Lipinski definition) is 3. The molecule has 3 N–H and O–H groups in total. The number of hydrazone groups is 1. The summed E-state index contributed by atoms with van der Waals surface area (Å²) in [6, 6.07) is 7.62. The van der Waals surface area contributed by atoms with Crippen LogP contribution in [0.3, 0.4) is 0 Å². The second kappa shape index (κ2) is 8.62. The molecule has 2 amide bonds. The van der Waals surface area contributed by atoms with Crippen molar-refractivity contribution in [3.05, 3.63) is 57.1 Å². The molecule has 2 aromatic carbocycles. The summed E-state index contributed by atoms with van der Waals surface area (Å²) in [5, 5.41) is 26.8. The number of phenols is 1. The SMILES string of the molecule is COc1cc(/C=N\NC(=O)C(=O)Nc2cccc(C)c2C)cc([N+](=O)[O-])c1O. The second-order valence-corrected chi connectivity index (χ2v) is 5.75. The quantitative estimate of drug-likeness (QED) is 0.310. The van der Waals surface area contributed by atoms with Crippen LogP contribution in [-0.2, 0) is 9.59 Å². The average Bonchev–Trinajstić information content (AvgIpc) is 2.66. The lowest BCUT2D eigenvalue weighted by Crippen LogP contribution is -2.32. The number of aromatic hydroxyl groups is 1. The number of benzene rings is 2. The molecule has 0 spiro atoms. The Bertz CT molecular complexity index is 971. The summed E-state index contributed by atoms with van der Waals surface area (Å²) in [7, 11) is 1.24. The summed E-state index contributed by atoms with van der Waals surface area (Å²) in [5.74, 6) is -2.69. The Kier molecular flexibility index (Phi) is 6.27. The molecule has 0 bridgehead atoms. The number of carbonyl (C=O) groups excluding carboxylic acids is 2. The Hall–Kier alpha value is -3.95. The van der Waals surface area contributed by atoms with Crippen molar-refractivity contribution >= 4 is 29.4 Å². The van der Waals surface area contributed by atoms with Gasteiger partial charge in [0.1, 0.15) is 0 Å². The highest BCUT2D eigenvalue weighted by atomic mass is 16.6. The molecule has 0 aromatic heterocycles. The van der Waals surface area contributed by atoms with Crippen molar-refractivity contribution in [1.29, 1.82) is 0 Å². The predicted molar refractivity (Wildman–Crippen MR) is 102 cm³/mol. The first-order chi connectivity index (χ1) is 13.2. The van der Waals surface area contributed by atoms with Crippen LogP contribution in [0.15, 0.2) is 35.4 Å². The van der Waals surface area contributed by atoms with E-state index in [1.807, 2.05) is 25.3 Å². The standard InChI is InChI=1S/C18H18N4O6/c1-10-5-4-6-13(11(10)2)20-17(24)18(25)21-19-9-12-7-14(22(26)27)16(23)15(8-12)28-3/h4-9,23H,1-3H3,(H,20,24)(H,21,25)/b19-9-. The summed E-state index contributed by atoms with van der Waals surface area (Å²) in [4.78, 5) is 34.0. The normalized spacial score (nSPS) is 10.5. The van der Waals surface area contributed by atoms with Crippen molar-refractivity contribution < 1.29 is 24.4 Å². The zero-order valence-electron chi connectivity index (χ0n) is 15.3. The molecule has 0 aliphatic carbocycles. The number of anilines is 1. The van der Waals surface area contributed by atoms with Crippen molar-refractivity contribution in [2.75, 3.05) is 12.4 Å². The molecule has 0 aliphatic heterocycles. The first kappa shape index (κ1) is 20.4. The fourth-order valence-electron chi connectivity index (χ4n) is 2.26. The number of aryl methyl sites for hydroxylation is 1. The number of nitro benzene ring substituents is 1. The Morgan fingerprint density at radius 2 is 1.96 bits per heavy atom. The number of nitrogens with zero attached hydrogens (tertiary/aromatic N) is 2. The fraction of sp³-hybridized carbons (Fsp3) is 0.167. The molecule has 2 aromatic rings. The summed E-state index contributed by atoms with van der Waals surface area (Å²) in [5.41, 5.74) is 3.91. The number of methoxy groups -OCH3 is 1. The van der Waals surface area contributed by atoms with Crippen molar-refractivity contribution in [2.45, 2.75) is 13.8 Å². The number of hydrogen-bond acceptors (Lipinski definition) is 7. The van der Waals surface area contributed by atoms with E-state index in [2.05, 4.69) is 10.4 Å². The summed E-state index contributed by atoms with van der Waals surface area (Å²) in [6.07, 6.45) is 1.08. The Balaban J connectivity index is 2.08. The van der Waals surface area contributed by atoms with E-state index in [0.29, 0.717) is 5.69 Å². The molecule has 10 nitrogen and oxygen atoms in total. The van der Waals surface area contributed by atoms with Crippen LogP contribution in [0.1, 0.15) is 16.7 Å². The lowest BCUT2D eigenvalue weighted by Gasteiger charge is -2.09. The molecule has 146 valence electrons. The van der Waals surface area contributed by atoms with Gasteiger partial charge in [-0.3, -0.25) is 19.7 Å². The van der Waals surface area contributed by atoms with Gasteiger partial charge in [-0.25, -0.2) is 5.43 Å². The van der Waals surface area contributed by atoms with Crippen molar-refractivity contribution in [3.8, 4) is 11.5 Å². The van der Waals surface area contributed by atoms with Crippen LogP contribution < -0.4 is 15.5 Å². The monoisotopic (exact) mass is 386 g/mol. The molecule has 0 aliphatic rings. The molecule has 0 saturated carbocycles. The minimum absolute atomic E-state index is 0.130. The van der Waals surface area contributed by atoms with Crippen LogP contribution >= 0.6 is 0 Å². The highest BCUT2D eigenvalue weighted by Crippen LogP contribution is 2.36. The number of nitrogens with one attached hydrogen (secondary N) is 2. The Morgan fingerprint density at radius 1 is 1.25 bits per heavy atom. The lowest BCUT2D eigenvalue weighted by molar-refractivity contribution is -0.386. The van der Waals surface area contributed by atoms with Gasteiger partial charge in [0.15, 0.2) is 5.75 Å². The van der Waals surface area contributed by atoms with E-state index in [9.17, 15) is 24.8 Å². The molecule has 2 rings (SSSR count). The smallest absolute Gasteiger partial charge is 0.329 e. The molecule has 0 heterocycles. The van der Waals surface area contributed by atoms with Gasteiger partial charge in [0.25, 0.3) is 0 Å². The Labute approximate surface area is 160 Å². The molecular weight excluding hydrogens is 368 g/mol. The zero-order chi connectivity index (χ0) is 20.8. The number of rotatable bonds is 5. The number of ether oxygens (including phenoxy) is 1. The van der Waals surface area contributed by atoms with Gasteiger partial charge in [-0.2, -0.15) is 5.10 Å². The van der Waals surface area contributed by atoms with E-state index in [-0.39, 0.29) is 11.3 Å².